The first-order valence-electron chi connectivity index (χ1n) is 25.1. The largest absolute Gasteiger partial charge is 0.507 e. The number of aromatic hydroxyl groups is 1. The zero-order chi connectivity index (χ0) is 49.9. The van der Waals surface area contributed by atoms with Crippen molar-refractivity contribution in [3.05, 3.63) is 192 Å². The van der Waals surface area contributed by atoms with Crippen LogP contribution < -0.4 is 0 Å². The summed E-state index contributed by atoms with van der Waals surface area (Å²) >= 11 is 0. The van der Waals surface area contributed by atoms with E-state index in [1.807, 2.05) is 32.2 Å². The van der Waals surface area contributed by atoms with Gasteiger partial charge in [0.2, 0.25) is 0 Å². The molecule has 4 nitrogen and oxygen atoms in total. The molecule has 0 bridgehead atoms. The van der Waals surface area contributed by atoms with E-state index >= 15 is 0 Å². The Morgan fingerprint density at radius 3 is 1.74 bits per heavy atom. The Bertz CT molecular complexity index is 3360. The summed E-state index contributed by atoms with van der Waals surface area (Å²) in [5.41, 5.74) is 18.9. The predicted octanol–water partition coefficient (Wildman–Crippen LogP) is 18.1. The second-order valence-electron chi connectivity index (χ2n) is 21.7. The van der Waals surface area contributed by atoms with Crippen LogP contribution in [-0.2, 0) is 10.8 Å². The number of phenolic OH excluding ortho intramolecular Hbond substituents is 1. The Morgan fingerprint density at radius 2 is 1.13 bits per heavy atom. The van der Waals surface area contributed by atoms with E-state index in [1.54, 1.807) is 0 Å². The average Bonchev–Trinajstić information content (AvgIpc) is 3.72. The third-order valence-corrected chi connectivity index (χ3v) is 13.7. The summed E-state index contributed by atoms with van der Waals surface area (Å²) in [5, 5.41) is 12.5. The lowest BCUT2D eigenvalue weighted by molar-refractivity contribution is 0.466. The van der Waals surface area contributed by atoms with E-state index in [0.29, 0.717) is 11.4 Å². The predicted molar refractivity (Wildman–Crippen MR) is 293 cm³/mol. The molecular weight excluding hydrogens is 839 g/mol. The van der Waals surface area contributed by atoms with Gasteiger partial charge in [-0.1, -0.05) is 192 Å². The smallest absolute Gasteiger partial charge is 0.149 e. The second-order valence-corrected chi connectivity index (χ2v) is 21.7. The Morgan fingerprint density at radius 1 is 0.493 bits per heavy atom. The minimum Gasteiger partial charge on any atom is -0.507 e. The van der Waals surface area contributed by atoms with Crippen molar-refractivity contribution in [1.82, 2.24) is 14.5 Å². The molecule has 348 valence electrons. The summed E-state index contributed by atoms with van der Waals surface area (Å²) in [7, 11) is 0. The highest BCUT2D eigenvalue weighted by Gasteiger charge is 2.27. The molecule has 0 saturated heterocycles. The molecule has 0 fully saturated rings. The van der Waals surface area contributed by atoms with Crippen LogP contribution in [0.4, 0.5) is 0 Å². The molecule has 2 aromatic heterocycles. The third kappa shape index (κ3) is 9.30. The van der Waals surface area contributed by atoms with E-state index in [0.717, 1.165) is 89.2 Å². The van der Waals surface area contributed by atoms with Crippen LogP contribution in [-0.4, -0.2) is 19.6 Å². The monoisotopic (exact) mass is 907 g/mol. The lowest BCUT2D eigenvalue weighted by Gasteiger charge is -2.23. The molecular formula is C65H67N3O. The molecule has 4 heteroatoms. The second kappa shape index (κ2) is 18.5. The van der Waals surface area contributed by atoms with E-state index < -0.39 is 5.89 Å². The van der Waals surface area contributed by atoms with Crippen molar-refractivity contribution in [3.8, 4) is 78.6 Å². The molecule has 0 amide bonds. The number of phenols is 1. The maximum Gasteiger partial charge on any atom is 0.149 e. The Balaban J connectivity index is 1.36. The van der Waals surface area contributed by atoms with Crippen molar-refractivity contribution < 1.29 is 6.48 Å². The van der Waals surface area contributed by atoms with Crippen LogP contribution in [0.1, 0.15) is 130 Å². The van der Waals surface area contributed by atoms with Crippen LogP contribution in [0, 0.1) is 0 Å². The zero-order valence-electron chi connectivity index (χ0n) is 43.5. The van der Waals surface area contributed by atoms with Crippen LogP contribution in [0.5, 0.6) is 5.75 Å². The van der Waals surface area contributed by atoms with E-state index in [2.05, 4.69) is 219 Å². The first kappa shape index (κ1) is 45.7. The lowest BCUT2D eigenvalue weighted by Crippen LogP contribution is -2.11. The molecule has 0 aliphatic heterocycles. The van der Waals surface area contributed by atoms with Gasteiger partial charge >= 0.3 is 0 Å². The summed E-state index contributed by atoms with van der Waals surface area (Å²) in [4.78, 5) is 10.7. The fourth-order valence-electron chi connectivity index (χ4n) is 9.57. The van der Waals surface area contributed by atoms with E-state index in [9.17, 15) is 6.48 Å². The fraction of sp³-hybridized carbons (Fsp3) is 0.262. The van der Waals surface area contributed by atoms with Crippen LogP contribution in [0.25, 0.3) is 83.9 Å². The van der Waals surface area contributed by atoms with Gasteiger partial charge in [-0.25, -0.2) is 4.98 Å². The molecule has 9 rings (SSSR count). The Hall–Kier alpha value is -7.04. The minimum atomic E-state index is -0.919. The molecule has 2 heterocycles. The highest BCUT2D eigenvalue weighted by Crippen LogP contribution is 2.46. The van der Waals surface area contributed by atoms with Crippen molar-refractivity contribution in [1.29, 1.82) is 0 Å². The van der Waals surface area contributed by atoms with Crippen molar-refractivity contribution in [3.63, 3.8) is 0 Å². The standard InChI is InChI=1S/C65H67N3O/c1-40(2)47-35-54(42(5)6)62(69)57(36-47)63-67-61-52(48-32-49(34-51(33-48)65(10,11)12)58-37-46(30-31-66-58)43-26-28-50(29-27-43)64(7,8)9)24-19-25-59(61)68(63)60-39-55(44-20-15-13-16-21-44)53(41(3)4)38-56(60)45-22-17-14-18-23-45/h13-42,69H,1-12H3/i41D. The number of aromatic nitrogens is 3. The maximum atomic E-state index is 12.5. The van der Waals surface area contributed by atoms with Gasteiger partial charge in [-0.3, -0.25) is 9.55 Å². The topological polar surface area (TPSA) is 50.9 Å². The molecule has 0 spiro atoms. The number of pyridine rings is 1. The van der Waals surface area contributed by atoms with Gasteiger partial charge in [0.1, 0.15) is 11.6 Å². The highest BCUT2D eigenvalue weighted by molar-refractivity contribution is 5.98. The highest BCUT2D eigenvalue weighted by atomic mass is 16.3. The zero-order valence-corrected chi connectivity index (χ0v) is 42.5. The summed E-state index contributed by atoms with van der Waals surface area (Å²) in [6.45, 7) is 26.1. The Kier molecular flexibility index (Phi) is 12.2. The van der Waals surface area contributed by atoms with Gasteiger partial charge in [0.05, 0.1) is 28.0 Å². The number of benzene rings is 7. The number of rotatable bonds is 10. The van der Waals surface area contributed by atoms with Gasteiger partial charge < -0.3 is 5.11 Å². The molecule has 0 aliphatic rings. The van der Waals surface area contributed by atoms with Crippen molar-refractivity contribution in [2.75, 3.05) is 0 Å². The first-order valence-corrected chi connectivity index (χ1v) is 24.6. The average molecular weight is 907 g/mol. The number of hydrogen-bond donors (Lipinski definition) is 1. The molecule has 0 atom stereocenters. The normalized spacial score (nSPS) is 12.6. The van der Waals surface area contributed by atoms with Gasteiger partial charge in [-0.15, -0.1) is 0 Å². The third-order valence-electron chi connectivity index (χ3n) is 13.7. The van der Waals surface area contributed by atoms with Crippen LogP contribution in [0.15, 0.2) is 164 Å². The molecule has 0 radical (unpaired) electrons. The van der Waals surface area contributed by atoms with Crippen LogP contribution >= 0.6 is 0 Å². The first-order chi connectivity index (χ1) is 33.2. The lowest BCUT2D eigenvalue weighted by atomic mass is 9.83. The fourth-order valence-corrected chi connectivity index (χ4v) is 9.57. The number of imidazole rings is 1. The SMILES string of the molecule is [2H]C(C)(C)c1cc(-c2ccccc2)c(-n2c(-c3cc(C(C)C)cc(C(C)C)c3O)nc3c(-c4cc(-c5cc(-c6ccc(C(C)(C)C)cc6)ccn5)cc(C(C)(C)C)c4)cccc32)cc1-c1ccccc1. The molecule has 0 aliphatic carbocycles. The van der Waals surface area contributed by atoms with Crippen molar-refractivity contribution >= 4 is 11.0 Å². The summed E-state index contributed by atoms with van der Waals surface area (Å²) in [5.74, 6) is 0.251. The van der Waals surface area contributed by atoms with E-state index in [-0.39, 0.29) is 28.4 Å². The number of hydrogen-bond acceptors (Lipinski definition) is 3. The molecule has 9 aromatic rings. The van der Waals surface area contributed by atoms with E-state index in [1.165, 1.54) is 11.1 Å². The number of nitrogens with zero attached hydrogens (tertiary/aromatic N) is 3. The van der Waals surface area contributed by atoms with Crippen LogP contribution in [0.2, 0.25) is 0 Å². The molecule has 1 N–H and O–H groups in total. The number of fused-ring (bicyclic) bond motifs is 1. The van der Waals surface area contributed by atoms with Crippen LogP contribution in [0.3, 0.4) is 0 Å². The van der Waals surface area contributed by atoms with Gasteiger partial charge in [0.25, 0.3) is 0 Å². The van der Waals surface area contributed by atoms with Gasteiger partial charge in [-0.05, 0) is 138 Å². The summed E-state index contributed by atoms with van der Waals surface area (Å²) in [6.07, 6.45) is 1.92. The molecule has 0 unspecified atom stereocenters. The Labute approximate surface area is 412 Å². The minimum absolute atomic E-state index is 0.0695. The molecule has 69 heavy (non-hydrogen) atoms. The van der Waals surface area contributed by atoms with E-state index in [4.69, 9.17) is 9.97 Å². The van der Waals surface area contributed by atoms with Crippen molar-refractivity contribution in [2.45, 2.75) is 112 Å². The van der Waals surface area contributed by atoms with Gasteiger partial charge in [0, 0.05) is 24.3 Å². The quantitative estimate of drug-likeness (QED) is 0.149. The summed E-state index contributed by atoms with van der Waals surface area (Å²) < 4.78 is 11.8. The van der Waals surface area contributed by atoms with Gasteiger partial charge in [0.15, 0.2) is 0 Å². The van der Waals surface area contributed by atoms with Crippen molar-refractivity contribution in [2.24, 2.45) is 0 Å². The maximum absolute atomic E-state index is 12.5. The van der Waals surface area contributed by atoms with Gasteiger partial charge in [-0.2, -0.15) is 0 Å². The molecule has 0 saturated carbocycles. The molecule has 7 aromatic carbocycles. The number of para-hydroxylation sites is 1. The summed E-state index contributed by atoms with van der Waals surface area (Å²) in [6, 6.07) is 56.2.